The Morgan fingerprint density at radius 1 is 0.656 bits per heavy atom. The molecule has 0 bridgehead atoms. The normalized spacial score (nSPS) is 33.9. The molecule has 32 heavy (non-hydrogen) atoms. The Hall–Kier alpha value is -0.660. The first-order chi connectivity index (χ1) is 15.6. The predicted octanol–water partition coefficient (Wildman–Crippen LogP) is 8.70. The van der Waals surface area contributed by atoms with Crippen LogP contribution in [0.3, 0.4) is 0 Å². The number of rotatable bonds is 12. The number of carbonyl (C=O) groups excluding carboxylic acids is 2. The van der Waals surface area contributed by atoms with Crippen LogP contribution in [0.2, 0.25) is 0 Å². The second-order valence-corrected chi connectivity index (χ2v) is 11.9. The molecular weight excluding hydrogens is 392 g/mol. The Kier molecular flexibility index (Phi) is 11.3. The summed E-state index contributed by atoms with van der Waals surface area (Å²) < 4.78 is 0. The van der Waals surface area contributed by atoms with Crippen molar-refractivity contribution in [3.05, 3.63) is 0 Å². The second kappa shape index (κ2) is 13.9. The van der Waals surface area contributed by atoms with E-state index < -0.39 is 0 Å². The van der Waals surface area contributed by atoms with Crippen molar-refractivity contribution < 1.29 is 9.59 Å². The molecule has 0 radical (unpaired) electrons. The molecule has 3 fully saturated rings. The highest BCUT2D eigenvalue weighted by Gasteiger charge is 2.36. The first kappa shape index (κ1) is 26.0. The summed E-state index contributed by atoms with van der Waals surface area (Å²) in [6.07, 6.45) is 24.9. The number of hydrogen-bond acceptors (Lipinski definition) is 2. The highest BCUT2D eigenvalue weighted by molar-refractivity contribution is 6.02. The van der Waals surface area contributed by atoms with Crippen molar-refractivity contribution in [3.8, 4) is 0 Å². The van der Waals surface area contributed by atoms with Crippen LogP contribution in [0.15, 0.2) is 0 Å². The molecule has 0 amide bonds. The number of unbranched alkanes of at least 4 members (excludes halogenated alkanes) is 4. The van der Waals surface area contributed by atoms with Crippen LogP contribution in [0.5, 0.6) is 0 Å². The summed E-state index contributed by atoms with van der Waals surface area (Å²) in [4.78, 5) is 25.6. The van der Waals surface area contributed by atoms with E-state index in [-0.39, 0.29) is 17.5 Å². The summed E-state index contributed by atoms with van der Waals surface area (Å²) in [5, 5.41) is 0. The lowest BCUT2D eigenvalue weighted by Crippen LogP contribution is -2.33. The lowest BCUT2D eigenvalue weighted by atomic mass is 9.67. The molecule has 2 unspecified atom stereocenters. The standard InChI is InChI=1S/C30H52O2/c1-3-5-7-9-23-11-16-26(17-12-23)27-18-13-25(14-19-27)22-30(32)28-20-15-24(21-29(28)31)10-8-6-4-2/h23-28H,3-22H2,1-2H3. The van der Waals surface area contributed by atoms with E-state index >= 15 is 0 Å². The molecule has 3 aliphatic carbocycles. The second-order valence-electron chi connectivity index (χ2n) is 11.9. The van der Waals surface area contributed by atoms with Gasteiger partial charge in [0, 0.05) is 12.8 Å². The molecular formula is C30H52O2. The highest BCUT2D eigenvalue weighted by atomic mass is 16.1. The van der Waals surface area contributed by atoms with E-state index in [4.69, 9.17) is 0 Å². The molecule has 3 rings (SSSR count). The van der Waals surface area contributed by atoms with Crippen LogP contribution < -0.4 is 0 Å². The van der Waals surface area contributed by atoms with E-state index in [9.17, 15) is 9.59 Å². The zero-order chi connectivity index (χ0) is 22.8. The van der Waals surface area contributed by atoms with Crippen LogP contribution in [0.1, 0.15) is 142 Å². The van der Waals surface area contributed by atoms with Crippen molar-refractivity contribution in [2.24, 2.45) is 35.5 Å². The zero-order valence-electron chi connectivity index (χ0n) is 21.4. The smallest absolute Gasteiger partial charge is 0.143 e. The molecule has 3 aliphatic rings. The van der Waals surface area contributed by atoms with Crippen LogP contribution in [-0.2, 0) is 9.59 Å². The monoisotopic (exact) mass is 444 g/mol. The Morgan fingerprint density at radius 3 is 1.69 bits per heavy atom. The van der Waals surface area contributed by atoms with Crippen molar-refractivity contribution in [2.45, 2.75) is 142 Å². The van der Waals surface area contributed by atoms with Crippen LogP contribution in [0.25, 0.3) is 0 Å². The van der Waals surface area contributed by atoms with Gasteiger partial charge in [0.2, 0.25) is 0 Å². The molecule has 2 atom stereocenters. The third-order valence-electron chi connectivity index (χ3n) is 9.50. The summed E-state index contributed by atoms with van der Waals surface area (Å²) in [5.41, 5.74) is 0. The predicted molar refractivity (Wildman–Crippen MR) is 135 cm³/mol. The quantitative estimate of drug-likeness (QED) is 0.223. The van der Waals surface area contributed by atoms with Crippen molar-refractivity contribution in [1.82, 2.24) is 0 Å². The fourth-order valence-electron chi connectivity index (χ4n) is 7.28. The molecule has 0 aromatic rings. The number of carbonyl (C=O) groups is 2. The van der Waals surface area contributed by atoms with Crippen molar-refractivity contribution in [3.63, 3.8) is 0 Å². The fourth-order valence-corrected chi connectivity index (χ4v) is 7.28. The van der Waals surface area contributed by atoms with Crippen LogP contribution in [0, 0.1) is 35.5 Å². The molecule has 0 saturated heterocycles. The molecule has 184 valence electrons. The molecule has 0 heterocycles. The maximum absolute atomic E-state index is 13.0. The Bertz CT molecular complexity index is 551. The summed E-state index contributed by atoms with van der Waals surface area (Å²) >= 11 is 0. The van der Waals surface area contributed by atoms with E-state index in [1.165, 1.54) is 103 Å². The summed E-state index contributed by atoms with van der Waals surface area (Å²) in [7, 11) is 0. The van der Waals surface area contributed by atoms with Gasteiger partial charge >= 0.3 is 0 Å². The zero-order valence-corrected chi connectivity index (χ0v) is 21.4. The lowest BCUT2D eigenvalue weighted by Gasteiger charge is -2.38. The van der Waals surface area contributed by atoms with Gasteiger partial charge in [-0.3, -0.25) is 9.59 Å². The third kappa shape index (κ3) is 7.98. The van der Waals surface area contributed by atoms with Crippen LogP contribution >= 0.6 is 0 Å². The largest absolute Gasteiger partial charge is 0.299 e. The maximum atomic E-state index is 13.0. The van der Waals surface area contributed by atoms with Gasteiger partial charge in [0.1, 0.15) is 11.6 Å². The molecule has 0 N–H and O–H groups in total. The van der Waals surface area contributed by atoms with E-state index in [0.717, 1.165) is 30.6 Å². The lowest BCUT2D eigenvalue weighted by molar-refractivity contribution is -0.136. The first-order valence-corrected chi connectivity index (χ1v) is 14.7. The van der Waals surface area contributed by atoms with Gasteiger partial charge in [-0.1, -0.05) is 78.1 Å². The van der Waals surface area contributed by atoms with Crippen LogP contribution in [-0.4, -0.2) is 11.6 Å². The molecule has 2 nitrogen and oxygen atoms in total. The average molecular weight is 445 g/mol. The third-order valence-corrected chi connectivity index (χ3v) is 9.50. The summed E-state index contributed by atoms with van der Waals surface area (Å²) in [6, 6.07) is 0. The van der Waals surface area contributed by atoms with Crippen molar-refractivity contribution in [1.29, 1.82) is 0 Å². The molecule has 2 heteroatoms. The van der Waals surface area contributed by atoms with Gasteiger partial charge < -0.3 is 0 Å². The first-order valence-electron chi connectivity index (χ1n) is 14.7. The van der Waals surface area contributed by atoms with Gasteiger partial charge in [0.25, 0.3) is 0 Å². The van der Waals surface area contributed by atoms with Crippen molar-refractivity contribution in [2.75, 3.05) is 0 Å². The SMILES string of the molecule is CCCCCC1CCC(C2CCC(CC(=O)C3CCC(CCCCC)CC3=O)CC2)CC1. The minimum Gasteiger partial charge on any atom is -0.299 e. The van der Waals surface area contributed by atoms with E-state index in [1.807, 2.05) is 0 Å². The Balaban J connectivity index is 1.32. The molecule has 0 aromatic carbocycles. The van der Waals surface area contributed by atoms with Crippen LogP contribution in [0.4, 0.5) is 0 Å². The molecule has 0 aliphatic heterocycles. The Morgan fingerprint density at radius 2 is 1.16 bits per heavy atom. The van der Waals surface area contributed by atoms with E-state index in [0.29, 0.717) is 24.7 Å². The highest BCUT2D eigenvalue weighted by Crippen LogP contribution is 2.43. The van der Waals surface area contributed by atoms with Gasteiger partial charge in [0.15, 0.2) is 0 Å². The van der Waals surface area contributed by atoms with Gasteiger partial charge in [-0.2, -0.15) is 0 Å². The van der Waals surface area contributed by atoms with Gasteiger partial charge in [-0.05, 0) is 81.0 Å². The molecule has 0 aromatic heterocycles. The van der Waals surface area contributed by atoms with E-state index in [1.54, 1.807) is 0 Å². The van der Waals surface area contributed by atoms with Gasteiger partial charge in [-0.15, -0.1) is 0 Å². The maximum Gasteiger partial charge on any atom is 0.143 e. The number of hydrogen-bond donors (Lipinski definition) is 0. The molecule has 0 spiro atoms. The van der Waals surface area contributed by atoms with Gasteiger partial charge in [0.05, 0.1) is 5.92 Å². The minimum atomic E-state index is -0.252. The average Bonchev–Trinajstić information content (AvgIpc) is 2.80. The summed E-state index contributed by atoms with van der Waals surface area (Å²) in [5.74, 6) is 4.29. The Labute approximate surface area is 199 Å². The van der Waals surface area contributed by atoms with Crippen molar-refractivity contribution >= 4 is 11.6 Å². The van der Waals surface area contributed by atoms with E-state index in [2.05, 4.69) is 13.8 Å². The minimum absolute atomic E-state index is 0.252. The number of ketones is 2. The molecule has 3 saturated carbocycles. The number of Topliss-reactive ketones (excluding diaryl/α,β-unsaturated/α-hetero) is 2. The fraction of sp³-hybridized carbons (Fsp3) is 0.933. The summed E-state index contributed by atoms with van der Waals surface area (Å²) in [6.45, 7) is 4.53. The topological polar surface area (TPSA) is 34.1 Å². The van der Waals surface area contributed by atoms with Gasteiger partial charge in [-0.25, -0.2) is 0 Å².